The molecule has 2 aliphatic rings. The summed E-state index contributed by atoms with van der Waals surface area (Å²) in [5.74, 6) is -0.269. The molecular formula is C22H29ClNO2S+. The quantitative estimate of drug-likeness (QED) is 0.446. The molecule has 0 N–H and O–H groups in total. The van der Waals surface area contributed by atoms with Crippen molar-refractivity contribution >= 4 is 39.0 Å². The molecule has 2 fully saturated rings. The average Bonchev–Trinajstić information content (AvgIpc) is 3.28. The maximum absolute atomic E-state index is 12.8. The largest absolute Gasteiger partial charge is 0.452 e. The van der Waals surface area contributed by atoms with Crippen LogP contribution in [0.3, 0.4) is 0 Å². The van der Waals surface area contributed by atoms with Crippen LogP contribution in [0.2, 0.25) is 5.02 Å². The van der Waals surface area contributed by atoms with Gasteiger partial charge in [0.25, 0.3) is 0 Å². The number of nitrogens with zero attached hydrogens (tertiary/aromatic N) is 1. The molecule has 0 bridgehead atoms. The molecule has 4 rings (SSSR count). The molecule has 1 unspecified atom stereocenters. The van der Waals surface area contributed by atoms with E-state index in [0.29, 0.717) is 9.90 Å². The second-order valence-electron chi connectivity index (χ2n) is 8.30. The number of rotatable bonds is 5. The SMILES string of the molecule is CC(C[N+]1(C2CCCCC2)CCCC1)OC(=O)c1sc2ccccc2c1Cl. The standard InChI is InChI=1S/C22H29ClNO2S/c1-16(15-24(13-7-8-14-24)17-9-3-2-4-10-17)26-22(25)21-20(23)18-11-5-6-12-19(18)27-21/h5-6,11-12,16-17H,2-4,7-10,13-15H2,1H3/q+1. The highest BCUT2D eigenvalue weighted by Gasteiger charge is 2.42. The first-order valence-electron chi connectivity index (χ1n) is 10.3. The van der Waals surface area contributed by atoms with Gasteiger partial charge in [0.05, 0.1) is 24.2 Å². The maximum atomic E-state index is 12.8. The molecule has 1 aliphatic heterocycles. The van der Waals surface area contributed by atoms with Crippen LogP contribution in [0.4, 0.5) is 0 Å². The predicted molar refractivity (Wildman–Crippen MR) is 113 cm³/mol. The van der Waals surface area contributed by atoms with Crippen molar-refractivity contribution < 1.29 is 14.0 Å². The Balaban J connectivity index is 1.46. The summed E-state index contributed by atoms with van der Waals surface area (Å²) in [5.41, 5.74) is 0. The number of quaternary nitrogens is 1. The van der Waals surface area contributed by atoms with E-state index in [1.807, 2.05) is 24.3 Å². The molecule has 0 radical (unpaired) electrons. The fourth-order valence-electron chi connectivity index (χ4n) is 5.22. The fraction of sp³-hybridized carbons (Fsp3) is 0.591. The summed E-state index contributed by atoms with van der Waals surface area (Å²) in [5, 5.41) is 1.47. The Morgan fingerprint density at radius 1 is 1.19 bits per heavy atom. The van der Waals surface area contributed by atoms with Gasteiger partial charge >= 0.3 is 5.97 Å². The molecule has 1 atom stereocenters. The number of carbonyl (C=O) groups is 1. The number of likely N-dealkylation sites (tertiary alicyclic amines) is 1. The van der Waals surface area contributed by atoms with Crippen LogP contribution in [0.5, 0.6) is 0 Å². The number of carbonyl (C=O) groups excluding carboxylic acids is 1. The summed E-state index contributed by atoms with van der Waals surface area (Å²) in [4.78, 5) is 13.3. The summed E-state index contributed by atoms with van der Waals surface area (Å²) >= 11 is 7.89. The van der Waals surface area contributed by atoms with E-state index in [1.54, 1.807) is 0 Å². The van der Waals surface area contributed by atoms with Crippen LogP contribution in [-0.2, 0) is 4.74 Å². The number of hydrogen-bond donors (Lipinski definition) is 0. The van der Waals surface area contributed by atoms with Gasteiger partial charge in [0, 0.05) is 22.9 Å². The monoisotopic (exact) mass is 406 g/mol. The van der Waals surface area contributed by atoms with Crippen molar-refractivity contribution in [3.8, 4) is 0 Å². The van der Waals surface area contributed by atoms with Crippen LogP contribution in [-0.4, -0.2) is 42.2 Å². The van der Waals surface area contributed by atoms with E-state index < -0.39 is 0 Å². The second-order valence-corrected chi connectivity index (χ2v) is 9.73. The molecule has 1 saturated heterocycles. The first kappa shape index (κ1) is 19.2. The van der Waals surface area contributed by atoms with Gasteiger partial charge in [0.2, 0.25) is 0 Å². The molecule has 2 heterocycles. The Morgan fingerprint density at radius 2 is 1.89 bits per heavy atom. The smallest absolute Gasteiger partial charge is 0.350 e. The Labute approximate surface area is 170 Å². The van der Waals surface area contributed by atoms with E-state index in [2.05, 4.69) is 6.92 Å². The minimum Gasteiger partial charge on any atom is -0.452 e. The van der Waals surface area contributed by atoms with Crippen molar-refractivity contribution in [1.29, 1.82) is 0 Å². The van der Waals surface area contributed by atoms with E-state index in [0.717, 1.165) is 27.2 Å². The van der Waals surface area contributed by atoms with Crippen LogP contribution >= 0.6 is 22.9 Å². The summed E-state index contributed by atoms with van der Waals surface area (Å²) in [7, 11) is 0. The lowest BCUT2D eigenvalue weighted by Gasteiger charge is -2.44. The van der Waals surface area contributed by atoms with E-state index in [9.17, 15) is 4.79 Å². The van der Waals surface area contributed by atoms with Crippen molar-refractivity contribution in [2.24, 2.45) is 0 Å². The molecule has 2 aromatic rings. The van der Waals surface area contributed by atoms with E-state index in [1.165, 1.54) is 69.4 Å². The van der Waals surface area contributed by atoms with Gasteiger partial charge in [-0.25, -0.2) is 4.79 Å². The zero-order valence-corrected chi connectivity index (χ0v) is 17.7. The normalized spacial score (nSPS) is 21.4. The van der Waals surface area contributed by atoms with Gasteiger partial charge in [-0.2, -0.15) is 0 Å². The number of esters is 1. The van der Waals surface area contributed by atoms with Crippen LogP contribution < -0.4 is 0 Å². The van der Waals surface area contributed by atoms with Crippen LogP contribution in [0.25, 0.3) is 10.1 Å². The Morgan fingerprint density at radius 3 is 2.59 bits per heavy atom. The highest BCUT2D eigenvalue weighted by molar-refractivity contribution is 7.21. The van der Waals surface area contributed by atoms with Crippen LogP contribution in [0.15, 0.2) is 24.3 Å². The molecule has 146 valence electrons. The van der Waals surface area contributed by atoms with Gasteiger partial charge in [0.15, 0.2) is 0 Å². The third-order valence-corrected chi connectivity index (χ3v) is 8.11. The van der Waals surface area contributed by atoms with E-state index in [4.69, 9.17) is 16.3 Å². The first-order chi connectivity index (χ1) is 13.1. The molecule has 1 saturated carbocycles. The van der Waals surface area contributed by atoms with Crippen molar-refractivity contribution in [2.75, 3.05) is 19.6 Å². The number of hydrogen-bond acceptors (Lipinski definition) is 3. The molecule has 0 amide bonds. The highest BCUT2D eigenvalue weighted by atomic mass is 35.5. The summed E-state index contributed by atoms with van der Waals surface area (Å²) in [6.45, 7) is 5.49. The predicted octanol–water partition coefficient (Wildman–Crippen LogP) is 6.04. The maximum Gasteiger partial charge on any atom is 0.350 e. The van der Waals surface area contributed by atoms with Crippen molar-refractivity contribution in [1.82, 2.24) is 0 Å². The molecular weight excluding hydrogens is 378 g/mol. The highest BCUT2D eigenvalue weighted by Crippen LogP contribution is 2.37. The van der Waals surface area contributed by atoms with Gasteiger partial charge in [-0.3, -0.25) is 0 Å². The minimum absolute atomic E-state index is 0.0844. The second kappa shape index (κ2) is 8.10. The molecule has 5 heteroatoms. The average molecular weight is 407 g/mol. The van der Waals surface area contributed by atoms with Crippen molar-refractivity contribution in [3.05, 3.63) is 34.2 Å². The van der Waals surface area contributed by atoms with E-state index in [-0.39, 0.29) is 12.1 Å². The summed E-state index contributed by atoms with van der Waals surface area (Å²) < 4.78 is 8.09. The lowest BCUT2D eigenvalue weighted by atomic mass is 9.92. The van der Waals surface area contributed by atoms with Gasteiger partial charge in [-0.15, -0.1) is 11.3 Å². The molecule has 1 aliphatic carbocycles. The third kappa shape index (κ3) is 3.90. The Kier molecular flexibility index (Phi) is 5.77. The van der Waals surface area contributed by atoms with Crippen LogP contribution in [0, 0.1) is 0 Å². The lowest BCUT2D eigenvalue weighted by Crippen LogP contribution is -2.57. The Bertz CT molecular complexity index is 806. The molecule has 27 heavy (non-hydrogen) atoms. The Hall–Kier alpha value is -1.10. The number of halogens is 1. The summed E-state index contributed by atoms with van der Waals surface area (Å²) in [6, 6.07) is 8.64. The number of benzene rings is 1. The third-order valence-electron chi connectivity index (χ3n) is 6.46. The van der Waals surface area contributed by atoms with Gasteiger partial charge in [-0.1, -0.05) is 36.2 Å². The molecule has 0 spiro atoms. The number of ether oxygens (including phenoxy) is 1. The molecule has 1 aromatic heterocycles. The van der Waals surface area contributed by atoms with Crippen LogP contribution in [0.1, 0.15) is 61.5 Å². The van der Waals surface area contributed by atoms with E-state index >= 15 is 0 Å². The lowest BCUT2D eigenvalue weighted by molar-refractivity contribution is -0.944. The first-order valence-corrected chi connectivity index (χ1v) is 11.5. The summed E-state index contributed by atoms with van der Waals surface area (Å²) in [6.07, 6.45) is 9.29. The zero-order valence-electron chi connectivity index (χ0n) is 16.1. The van der Waals surface area contributed by atoms with Gasteiger partial charge in [0.1, 0.15) is 17.5 Å². The molecule has 3 nitrogen and oxygen atoms in total. The van der Waals surface area contributed by atoms with Gasteiger partial charge in [-0.05, 0) is 38.7 Å². The molecule has 1 aromatic carbocycles. The number of fused-ring (bicyclic) bond motifs is 1. The fourth-order valence-corrected chi connectivity index (χ4v) is 6.61. The number of thiophene rings is 1. The van der Waals surface area contributed by atoms with Gasteiger partial charge < -0.3 is 9.22 Å². The topological polar surface area (TPSA) is 26.3 Å². The minimum atomic E-state index is -0.269. The van der Waals surface area contributed by atoms with Crippen molar-refractivity contribution in [3.63, 3.8) is 0 Å². The van der Waals surface area contributed by atoms with Crippen molar-refractivity contribution in [2.45, 2.75) is 64.0 Å². The zero-order chi connectivity index (χ0) is 18.9.